The van der Waals surface area contributed by atoms with Crippen LogP contribution in [0.2, 0.25) is 0 Å². The van der Waals surface area contributed by atoms with E-state index < -0.39 is 47.0 Å². The molecule has 0 saturated carbocycles. The summed E-state index contributed by atoms with van der Waals surface area (Å²) in [4.78, 5) is 14.2. The lowest BCUT2D eigenvalue weighted by molar-refractivity contribution is -0.275. The summed E-state index contributed by atoms with van der Waals surface area (Å²) in [5.74, 6) is -3.73. The van der Waals surface area contributed by atoms with Crippen LogP contribution < -0.4 is 4.74 Å². The van der Waals surface area contributed by atoms with Crippen molar-refractivity contribution in [2.24, 2.45) is 0 Å². The number of hydrogen-bond donors (Lipinski definition) is 0. The van der Waals surface area contributed by atoms with E-state index in [0.717, 1.165) is 7.11 Å². The molecule has 118 valence electrons. The van der Waals surface area contributed by atoms with Crippen molar-refractivity contribution in [3.8, 4) is 5.75 Å². The van der Waals surface area contributed by atoms with E-state index in [9.17, 15) is 31.1 Å². The summed E-state index contributed by atoms with van der Waals surface area (Å²) >= 11 is 5.25. The largest absolute Gasteiger partial charge is 0.573 e. The first-order valence-electron chi connectivity index (χ1n) is 5.00. The maximum Gasteiger partial charge on any atom is 0.573 e. The second-order valence-corrected chi connectivity index (χ2v) is 3.77. The number of ether oxygens (including phenoxy) is 2. The lowest BCUT2D eigenvalue weighted by Crippen LogP contribution is -2.23. The number of nitrogens with zero attached hydrogens (tertiary/aromatic N) is 1. The number of hydrogen-bond acceptors (Lipinski definition) is 4. The molecule has 0 N–H and O–H groups in total. The maximum absolute atomic E-state index is 12.7. The number of methoxy groups -OCH3 is 1. The summed E-state index contributed by atoms with van der Waals surface area (Å²) in [5.41, 5.74) is -3.70. The van der Waals surface area contributed by atoms with E-state index in [-0.39, 0.29) is 6.20 Å². The van der Waals surface area contributed by atoms with Crippen molar-refractivity contribution in [1.29, 1.82) is 0 Å². The highest BCUT2D eigenvalue weighted by atomic mass is 35.5. The molecule has 0 aliphatic rings. The second kappa shape index (κ2) is 5.96. The van der Waals surface area contributed by atoms with E-state index in [4.69, 9.17) is 11.6 Å². The van der Waals surface area contributed by atoms with Gasteiger partial charge in [0.25, 0.3) is 0 Å². The molecule has 0 aromatic carbocycles. The van der Waals surface area contributed by atoms with Crippen molar-refractivity contribution >= 4 is 17.6 Å². The van der Waals surface area contributed by atoms with Crippen LogP contribution in [0.5, 0.6) is 5.75 Å². The molecule has 0 unspecified atom stereocenters. The highest BCUT2D eigenvalue weighted by Gasteiger charge is 2.41. The molecule has 0 atom stereocenters. The average Bonchev–Trinajstić information content (AvgIpc) is 2.34. The quantitative estimate of drug-likeness (QED) is 0.481. The number of esters is 1. The van der Waals surface area contributed by atoms with E-state index >= 15 is 0 Å². The maximum atomic E-state index is 12.7. The summed E-state index contributed by atoms with van der Waals surface area (Å²) in [6.07, 6.45) is -10.1. The number of halogens is 7. The van der Waals surface area contributed by atoms with Crippen molar-refractivity contribution in [3.05, 3.63) is 23.0 Å². The SMILES string of the molecule is COC(=O)c1cnc(C(F)(F)F)c(CCl)c1OC(F)(F)F. The minimum atomic E-state index is -5.33. The third-order valence-corrected chi connectivity index (χ3v) is 2.42. The fourth-order valence-electron chi connectivity index (χ4n) is 1.39. The second-order valence-electron chi connectivity index (χ2n) is 3.50. The molecule has 11 heteroatoms. The number of pyridine rings is 1. The van der Waals surface area contributed by atoms with Gasteiger partial charge in [0.05, 0.1) is 13.0 Å². The van der Waals surface area contributed by atoms with E-state index in [2.05, 4.69) is 14.5 Å². The molecule has 1 aromatic rings. The van der Waals surface area contributed by atoms with Crippen LogP contribution in [0.4, 0.5) is 26.3 Å². The smallest absolute Gasteiger partial charge is 0.465 e. The fourth-order valence-corrected chi connectivity index (χ4v) is 1.64. The van der Waals surface area contributed by atoms with Crippen LogP contribution >= 0.6 is 11.6 Å². The monoisotopic (exact) mass is 337 g/mol. The Kier molecular flexibility index (Phi) is 4.92. The molecule has 0 fully saturated rings. The van der Waals surface area contributed by atoms with Gasteiger partial charge in [-0.3, -0.25) is 4.98 Å². The van der Waals surface area contributed by atoms with Crippen LogP contribution in [0.1, 0.15) is 21.6 Å². The molecule has 0 bridgehead atoms. The van der Waals surface area contributed by atoms with E-state index in [1.165, 1.54) is 0 Å². The Morgan fingerprint density at radius 1 is 1.29 bits per heavy atom. The van der Waals surface area contributed by atoms with E-state index in [1.807, 2.05) is 0 Å². The van der Waals surface area contributed by atoms with Crippen molar-refractivity contribution in [3.63, 3.8) is 0 Å². The zero-order valence-corrected chi connectivity index (χ0v) is 10.9. The molecule has 0 amide bonds. The number of carbonyl (C=O) groups is 1. The van der Waals surface area contributed by atoms with Gasteiger partial charge in [-0.2, -0.15) is 13.2 Å². The zero-order chi connectivity index (χ0) is 16.4. The van der Waals surface area contributed by atoms with Gasteiger partial charge in [-0.05, 0) is 0 Å². The van der Waals surface area contributed by atoms with Gasteiger partial charge in [-0.25, -0.2) is 4.79 Å². The molecule has 1 aromatic heterocycles. The van der Waals surface area contributed by atoms with Gasteiger partial charge in [-0.15, -0.1) is 24.8 Å². The lowest BCUT2D eigenvalue weighted by Gasteiger charge is -2.18. The minimum absolute atomic E-state index is 0.284. The van der Waals surface area contributed by atoms with Gasteiger partial charge in [0.1, 0.15) is 5.56 Å². The van der Waals surface area contributed by atoms with Gasteiger partial charge in [0.2, 0.25) is 0 Å². The molecular weight excluding hydrogens is 332 g/mol. The Morgan fingerprint density at radius 2 is 1.86 bits per heavy atom. The summed E-state index contributed by atoms with van der Waals surface area (Å²) in [5, 5.41) is 0. The van der Waals surface area contributed by atoms with Gasteiger partial charge in [0, 0.05) is 11.8 Å². The lowest BCUT2D eigenvalue weighted by atomic mass is 10.1. The van der Waals surface area contributed by atoms with E-state index in [1.54, 1.807) is 0 Å². The van der Waals surface area contributed by atoms with E-state index in [0.29, 0.717) is 0 Å². The molecule has 1 rings (SSSR count). The van der Waals surface area contributed by atoms with Crippen molar-refractivity contribution < 1.29 is 40.6 Å². The summed E-state index contributed by atoms with van der Waals surface area (Å²) in [7, 11) is 0.831. The number of carbonyl (C=O) groups excluding carboxylic acids is 1. The minimum Gasteiger partial charge on any atom is -0.465 e. The molecule has 0 radical (unpaired) electrons. The molecule has 21 heavy (non-hydrogen) atoms. The highest BCUT2D eigenvalue weighted by molar-refractivity contribution is 6.17. The molecule has 0 aliphatic heterocycles. The average molecular weight is 338 g/mol. The normalized spacial score (nSPS) is 12.2. The van der Waals surface area contributed by atoms with Gasteiger partial charge in [-0.1, -0.05) is 0 Å². The molecule has 4 nitrogen and oxygen atoms in total. The summed E-state index contributed by atoms with van der Waals surface area (Å²) < 4.78 is 82.7. The first-order valence-corrected chi connectivity index (χ1v) is 5.53. The predicted molar refractivity (Wildman–Crippen MR) is 56.8 cm³/mol. The molecular formula is C10H6ClF6NO3. The van der Waals surface area contributed by atoms with Gasteiger partial charge < -0.3 is 9.47 Å². The molecule has 1 heterocycles. The Balaban J connectivity index is 3.60. The Bertz CT molecular complexity index is 543. The first kappa shape index (κ1) is 17.3. The van der Waals surface area contributed by atoms with Gasteiger partial charge in [0.15, 0.2) is 11.4 Å². The van der Waals surface area contributed by atoms with Crippen LogP contribution in [0, 0.1) is 0 Å². The molecule has 0 spiro atoms. The molecule has 0 aliphatic carbocycles. The first-order chi connectivity index (χ1) is 9.51. The van der Waals surface area contributed by atoms with Crippen molar-refractivity contribution in [2.45, 2.75) is 18.4 Å². The Morgan fingerprint density at radius 3 is 2.24 bits per heavy atom. The number of alkyl halides is 7. The third kappa shape index (κ3) is 4.13. The Labute approximate surface area is 118 Å². The highest BCUT2D eigenvalue weighted by Crippen LogP contribution is 2.39. The summed E-state index contributed by atoms with van der Waals surface area (Å²) in [6, 6.07) is 0. The van der Waals surface area contributed by atoms with Crippen LogP contribution in [0.3, 0.4) is 0 Å². The predicted octanol–water partition coefficient (Wildman–Crippen LogP) is 3.52. The van der Waals surface area contributed by atoms with Crippen LogP contribution in [-0.4, -0.2) is 24.4 Å². The van der Waals surface area contributed by atoms with Crippen LogP contribution in [0.25, 0.3) is 0 Å². The van der Waals surface area contributed by atoms with Crippen molar-refractivity contribution in [1.82, 2.24) is 4.98 Å². The molecule has 0 saturated heterocycles. The number of rotatable bonds is 3. The van der Waals surface area contributed by atoms with Crippen LogP contribution in [0.15, 0.2) is 6.20 Å². The number of aromatic nitrogens is 1. The van der Waals surface area contributed by atoms with Crippen LogP contribution in [-0.2, 0) is 16.8 Å². The standard InChI is InChI=1S/C10H6ClF6NO3/c1-20-8(19)5-3-18-7(9(12,13)14)4(2-11)6(5)21-10(15,16)17/h3H,2H2,1H3. The zero-order valence-electron chi connectivity index (χ0n) is 10.1. The Hall–Kier alpha value is -1.71. The topological polar surface area (TPSA) is 48.4 Å². The third-order valence-electron chi connectivity index (χ3n) is 2.15. The summed E-state index contributed by atoms with van der Waals surface area (Å²) in [6.45, 7) is 0. The fraction of sp³-hybridized carbons (Fsp3) is 0.400. The van der Waals surface area contributed by atoms with Crippen molar-refractivity contribution in [2.75, 3.05) is 7.11 Å². The van der Waals surface area contributed by atoms with Gasteiger partial charge >= 0.3 is 18.5 Å².